The molecule has 82 valence electrons. The number of rotatable bonds is 4. The van der Waals surface area contributed by atoms with Gasteiger partial charge in [0.1, 0.15) is 5.78 Å². The Labute approximate surface area is 94.9 Å². The van der Waals surface area contributed by atoms with Crippen LogP contribution in [0.1, 0.15) is 31.9 Å². The fraction of sp³-hybridized carbons (Fsp3) is 0.417. The lowest BCUT2D eigenvalue weighted by Crippen LogP contribution is -2.18. The molecule has 0 heterocycles. The number of aliphatic hydroxyl groups is 1. The van der Waals surface area contributed by atoms with E-state index >= 15 is 0 Å². The largest absolute Gasteiger partial charge is 0.388 e. The summed E-state index contributed by atoms with van der Waals surface area (Å²) in [6.07, 6.45) is -0.291. The van der Waals surface area contributed by atoms with Gasteiger partial charge in [0.25, 0.3) is 0 Å². The second-order valence-corrected chi connectivity index (χ2v) is 4.04. The molecular weight excluding hydrogens is 212 g/mol. The van der Waals surface area contributed by atoms with E-state index in [-0.39, 0.29) is 11.7 Å². The topological polar surface area (TPSA) is 37.3 Å². The lowest BCUT2D eigenvalue weighted by molar-refractivity contribution is -0.125. The van der Waals surface area contributed by atoms with Gasteiger partial charge >= 0.3 is 0 Å². The summed E-state index contributed by atoms with van der Waals surface area (Å²) in [7, 11) is 0. The number of hydrogen-bond acceptors (Lipinski definition) is 2. The van der Waals surface area contributed by atoms with E-state index in [4.69, 9.17) is 11.6 Å². The molecule has 1 aromatic rings. The summed E-state index contributed by atoms with van der Waals surface area (Å²) in [6.45, 7) is 3.54. The van der Waals surface area contributed by atoms with Gasteiger partial charge in [0.15, 0.2) is 0 Å². The van der Waals surface area contributed by atoms with Crippen LogP contribution in [0.15, 0.2) is 24.3 Å². The van der Waals surface area contributed by atoms with E-state index in [0.717, 1.165) is 5.56 Å². The summed E-state index contributed by atoms with van der Waals surface area (Å²) in [6, 6.07) is 6.91. The second kappa shape index (κ2) is 5.29. The van der Waals surface area contributed by atoms with Gasteiger partial charge in [0.2, 0.25) is 0 Å². The zero-order valence-corrected chi connectivity index (χ0v) is 9.66. The van der Waals surface area contributed by atoms with Crippen molar-refractivity contribution in [2.24, 2.45) is 5.92 Å². The minimum absolute atomic E-state index is 0.0671. The van der Waals surface area contributed by atoms with Crippen LogP contribution in [0.3, 0.4) is 0 Å². The minimum atomic E-state index is -0.741. The van der Waals surface area contributed by atoms with Crippen LogP contribution in [-0.2, 0) is 4.79 Å². The Bertz CT molecular complexity index is 332. The number of halogens is 1. The van der Waals surface area contributed by atoms with Crippen LogP contribution >= 0.6 is 11.6 Å². The van der Waals surface area contributed by atoms with E-state index in [2.05, 4.69) is 0 Å². The van der Waals surface area contributed by atoms with Gasteiger partial charge in [-0.25, -0.2) is 0 Å². The molecule has 0 aliphatic carbocycles. The Morgan fingerprint density at radius 1 is 1.40 bits per heavy atom. The molecule has 0 saturated carbocycles. The van der Waals surface area contributed by atoms with Crippen LogP contribution in [0.2, 0.25) is 5.02 Å². The van der Waals surface area contributed by atoms with E-state index in [9.17, 15) is 9.90 Å². The van der Waals surface area contributed by atoms with Crippen molar-refractivity contribution in [1.82, 2.24) is 0 Å². The van der Waals surface area contributed by atoms with Crippen LogP contribution in [0.4, 0.5) is 0 Å². The predicted molar refractivity (Wildman–Crippen MR) is 60.9 cm³/mol. The maximum absolute atomic E-state index is 11.4. The fourth-order valence-electron chi connectivity index (χ4n) is 1.45. The lowest BCUT2D eigenvalue weighted by Gasteiger charge is -2.17. The molecule has 0 radical (unpaired) electrons. The third-order valence-electron chi connectivity index (χ3n) is 2.54. The molecule has 0 fully saturated rings. The van der Waals surface area contributed by atoms with Gasteiger partial charge in [0.05, 0.1) is 6.10 Å². The average Bonchev–Trinajstić information content (AvgIpc) is 2.27. The molecule has 2 atom stereocenters. The molecule has 0 aliphatic heterocycles. The SMILES string of the molecule is CCC(=O)C(C)C(O)c1ccc(Cl)cc1. The summed E-state index contributed by atoms with van der Waals surface area (Å²) < 4.78 is 0. The highest BCUT2D eigenvalue weighted by Gasteiger charge is 2.21. The normalized spacial score (nSPS) is 14.7. The summed E-state index contributed by atoms with van der Waals surface area (Å²) in [5.74, 6) is -0.298. The van der Waals surface area contributed by atoms with Crippen molar-refractivity contribution in [3.63, 3.8) is 0 Å². The van der Waals surface area contributed by atoms with Crippen molar-refractivity contribution in [3.05, 3.63) is 34.9 Å². The van der Waals surface area contributed by atoms with Crippen LogP contribution in [0.5, 0.6) is 0 Å². The molecule has 2 unspecified atom stereocenters. The number of carbonyl (C=O) groups is 1. The van der Waals surface area contributed by atoms with Crippen LogP contribution in [-0.4, -0.2) is 10.9 Å². The Morgan fingerprint density at radius 3 is 2.40 bits per heavy atom. The standard InChI is InChI=1S/C12H15ClO2/c1-3-11(14)8(2)12(15)9-4-6-10(13)7-5-9/h4-8,12,15H,3H2,1-2H3. The van der Waals surface area contributed by atoms with Crippen molar-refractivity contribution in [2.75, 3.05) is 0 Å². The highest BCUT2D eigenvalue weighted by atomic mass is 35.5. The molecule has 2 nitrogen and oxygen atoms in total. The predicted octanol–water partition coefficient (Wildman–Crippen LogP) is 2.99. The summed E-state index contributed by atoms with van der Waals surface area (Å²) in [5, 5.41) is 10.5. The van der Waals surface area contributed by atoms with Gasteiger partial charge in [-0.05, 0) is 17.7 Å². The number of carbonyl (C=O) groups excluding carboxylic acids is 1. The van der Waals surface area contributed by atoms with Gasteiger partial charge in [-0.2, -0.15) is 0 Å². The van der Waals surface area contributed by atoms with Gasteiger partial charge in [-0.1, -0.05) is 37.6 Å². The summed E-state index contributed by atoms with van der Waals surface area (Å²) >= 11 is 5.74. The monoisotopic (exact) mass is 226 g/mol. The number of aliphatic hydroxyl groups excluding tert-OH is 1. The molecule has 1 N–H and O–H groups in total. The third kappa shape index (κ3) is 3.05. The highest BCUT2D eigenvalue weighted by molar-refractivity contribution is 6.30. The first-order chi connectivity index (χ1) is 7.06. The molecule has 0 amide bonds. The highest BCUT2D eigenvalue weighted by Crippen LogP contribution is 2.24. The minimum Gasteiger partial charge on any atom is -0.388 e. The summed E-state index contributed by atoms with van der Waals surface area (Å²) in [5.41, 5.74) is 0.730. The Morgan fingerprint density at radius 2 is 1.93 bits per heavy atom. The molecule has 15 heavy (non-hydrogen) atoms. The first-order valence-electron chi connectivity index (χ1n) is 5.02. The number of hydrogen-bond donors (Lipinski definition) is 1. The van der Waals surface area contributed by atoms with Gasteiger partial charge < -0.3 is 5.11 Å². The lowest BCUT2D eigenvalue weighted by atomic mass is 9.93. The average molecular weight is 227 g/mol. The van der Waals surface area contributed by atoms with Crippen LogP contribution < -0.4 is 0 Å². The fourth-order valence-corrected chi connectivity index (χ4v) is 1.57. The Kier molecular flexibility index (Phi) is 4.30. The Hall–Kier alpha value is -0.860. The zero-order valence-electron chi connectivity index (χ0n) is 8.90. The van der Waals surface area contributed by atoms with E-state index in [1.807, 2.05) is 0 Å². The molecule has 0 aromatic heterocycles. The number of benzene rings is 1. The van der Waals surface area contributed by atoms with Crippen molar-refractivity contribution in [3.8, 4) is 0 Å². The third-order valence-corrected chi connectivity index (χ3v) is 2.79. The Balaban J connectivity index is 2.80. The first-order valence-corrected chi connectivity index (χ1v) is 5.40. The van der Waals surface area contributed by atoms with Gasteiger partial charge in [-0.15, -0.1) is 0 Å². The van der Waals surface area contributed by atoms with E-state index in [0.29, 0.717) is 11.4 Å². The van der Waals surface area contributed by atoms with Crippen molar-refractivity contribution in [2.45, 2.75) is 26.4 Å². The molecule has 1 aromatic carbocycles. The molecule has 0 aliphatic rings. The molecule has 3 heteroatoms. The smallest absolute Gasteiger partial charge is 0.138 e. The van der Waals surface area contributed by atoms with E-state index in [1.54, 1.807) is 38.1 Å². The van der Waals surface area contributed by atoms with E-state index < -0.39 is 6.10 Å². The number of Topliss-reactive ketones (excluding diaryl/α,β-unsaturated/α-hetero) is 1. The molecule has 0 bridgehead atoms. The van der Waals surface area contributed by atoms with Crippen molar-refractivity contribution < 1.29 is 9.90 Å². The molecule has 1 rings (SSSR count). The zero-order chi connectivity index (χ0) is 11.4. The summed E-state index contributed by atoms with van der Waals surface area (Å²) in [4.78, 5) is 11.4. The molecule has 0 spiro atoms. The van der Waals surface area contributed by atoms with Gasteiger partial charge in [-0.3, -0.25) is 4.79 Å². The number of ketones is 1. The second-order valence-electron chi connectivity index (χ2n) is 3.60. The maximum Gasteiger partial charge on any atom is 0.138 e. The van der Waals surface area contributed by atoms with E-state index in [1.165, 1.54) is 0 Å². The quantitative estimate of drug-likeness (QED) is 0.857. The van der Waals surface area contributed by atoms with Crippen LogP contribution in [0, 0.1) is 5.92 Å². The van der Waals surface area contributed by atoms with Crippen LogP contribution in [0.25, 0.3) is 0 Å². The van der Waals surface area contributed by atoms with Gasteiger partial charge in [0, 0.05) is 17.4 Å². The van der Waals surface area contributed by atoms with Crippen molar-refractivity contribution >= 4 is 17.4 Å². The molecular formula is C12H15ClO2. The maximum atomic E-state index is 11.4. The van der Waals surface area contributed by atoms with Crippen molar-refractivity contribution in [1.29, 1.82) is 0 Å². The first kappa shape index (κ1) is 12.2. The molecule has 0 saturated heterocycles.